The summed E-state index contributed by atoms with van der Waals surface area (Å²) in [5, 5.41) is 20.6. The number of nitriles is 1. The highest BCUT2D eigenvalue weighted by Crippen LogP contribution is 2.32. The fraction of sp³-hybridized carbons (Fsp3) is 0.409. The van der Waals surface area contributed by atoms with Gasteiger partial charge < -0.3 is 4.90 Å². The third-order valence-electron chi connectivity index (χ3n) is 6.22. The number of nitro benzene ring substituents is 1. The maximum Gasteiger partial charge on any atom is 0.275 e. The van der Waals surface area contributed by atoms with Gasteiger partial charge in [0.05, 0.1) is 27.0 Å². The Hall–Kier alpha value is -2.96. The molecule has 1 fully saturated rings. The van der Waals surface area contributed by atoms with E-state index in [1.165, 1.54) is 15.9 Å². The van der Waals surface area contributed by atoms with Crippen molar-refractivity contribution >= 4 is 21.4 Å². The van der Waals surface area contributed by atoms with E-state index in [0.29, 0.717) is 29.2 Å². The maximum atomic E-state index is 13.2. The van der Waals surface area contributed by atoms with Gasteiger partial charge in [0.2, 0.25) is 10.0 Å². The van der Waals surface area contributed by atoms with E-state index in [1.54, 1.807) is 19.1 Å². The van der Waals surface area contributed by atoms with Gasteiger partial charge in [-0.1, -0.05) is 6.07 Å². The van der Waals surface area contributed by atoms with Crippen molar-refractivity contribution in [1.82, 2.24) is 4.31 Å². The number of sulfonamides is 1. The van der Waals surface area contributed by atoms with Crippen LogP contribution in [0.1, 0.15) is 35.1 Å². The van der Waals surface area contributed by atoms with E-state index < -0.39 is 14.9 Å². The second-order valence-electron chi connectivity index (χ2n) is 8.04. The topological polar surface area (TPSA) is 108 Å². The molecule has 0 unspecified atom stereocenters. The van der Waals surface area contributed by atoms with Gasteiger partial charge in [-0.25, -0.2) is 8.42 Å². The average Bonchev–Trinajstić information content (AvgIpc) is 2.78. The summed E-state index contributed by atoms with van der Waals surface area (Å²) in [4.78, 5) is 13.1. The molecule has 9 heteroatoms. The van der Waals surface area contributed by atoms with Crippen molar-refractivity contribution in [2.24, 2.45) is 0 Å². The van der Waals surface area contributed by atoms with Crippen molar-refractivity contribution in [2.75, 3.05) is 31.1 Å². The molecule has 1 aliphatic carbocycles. The largest absolute Gasteiger partial charge is 0.368 e. The predicted molar refractivity (Wildman–Crippen MR) is 117 cm³/mol. The average molecular weight is 441 g/mol. The summed E-state index contributed by atoms with van der Waals surface area (Å²) in [5.74, 6) is 0. The van der Waals surface area contributed by atoms with Crippen LogP contribution in [0.2, 0.25) is 0 Å². The number of rotatable bonds is 4. The molecule has 1 saturated heterocycles. The van der Waals surface area contributed by atoms with Crippen molar-refractivity contribution < 1.29 is 13.3 Å². The lowest BCUT2D eigenvalue weighted by molar-refractivity contribution is -0.385. The fourth-order valence-corrected chi connectivity index (χ4v) is 5.93. The van der Waals surface area contributed by atoms with E-state index >= 15 is 0 Å². The molecule has 31 heavy (non-hydrogen) atoms. The van der Waals surface area contributed by atoms with Gasteiger partial charge in [0.1, 0.15) is 0 Å². The normalized spacial score (nSPS) is 17.1. The summed E-state index contributed by atoms with van der Waals surface area (Å²) in [7, 11) is -3.60. The molecule has 0 aromatic heterocycles. The van der Waals surface area contributed by atoms with E-state index in [9.17, 15) is 23.8 Å². The second-order valence-corrected chi connectivity index (χ2v) is 9.98. The highest BCUT2D eigenvalue weighted by molar-refractivity contribution is 7.89. The van der Waals surface area contributed by atoms with Gasteiger partial charge in [-0.05, 0) is 61.9 Å². The Morgan fingerprint density at radius 3 is 2.35 bits per heavy atom. The molecule has 0 atom stereocenters. The molecule has 0 amide bonds. The minimum Gasteiger partial charge on any atom is -0.368 e. The quantitative estimate of drug-likeness (QED) is 0.534. The molecule has 162 valence electrons. The van der Waals surface area contributed by atoms with Gasteiger partial charge in [-0.2, -0.15) is 9.57 Å². The summed E-state index contributed by atoms with van der Waals surface area (Å²) in [6.45, 7) is 3.02. The minimum absolute atomic E-state index is 0.0989. The molecule has 2 aliphatic rings. The number of piperazine rings is 1. The van der Waals surface area contributed by atoms with Crippen LogP contribution in [0.5, 0.6) is 0 Å². The molecule has 1 heterocycles. The van der Waals surface area contributed by atoms with Crippen molar-refractivity contribution in [3.05, 3.63) is 62.7 Å². The summed E-state index contributed by atoms with van der Waals surface area (Å²) in [6, 6.07) is 10.3. The van der Waals surface area contributed by atoms with Gasteiger partial charge in [0, 0.05) is 37.9 Å². The molecular weight excluding hydrogens is 416 g/mol. The molecule has 0 bridgehead atoms. The molecule has 0 radical (unpaired) electrons. The standard InChI is InChI=1S/C22H24N4O4S/c1-16-21(12-17(15-23)13-22(16)26(27)28)24-8-10-25(11-9-24)31(29,30)20-7-6-18-4-2-3-5-19(18)14-20/h6-7,12-14H,2-5,8-11H2,1H3. The highest BCUT2D eigenvalue weighted by Gasteiger charge is 2.30. The van der Waals surface area contributed by atoms with Crippen LogP contribution >= 0.6 is 0 Å². The summed E-state index contributed by atoms with van der Waals surface area (Å²) < 4.78 is 27.9. The Labute approximate surface area is 181 Å². The van der Waals surface area contributed by atoms with Crippen LogP contribution in [0.25, 0.3) is 0 Å². The Kier molecular flexibility index (Phi) is 5.69. The number of hydrogen-bond acceptors (Lipinski definition) is 6. The molecule has 2 aromatic rings. The zero-order valence-corrected chi connectivity index (χ0v) is 18.2. The zero-order valence-electron chi connectivity index (χ0n) is 17.4. The first-order valence-corrected chi connectivity index (χ1v) is 11.8. The summed E-state index contributed by atoms with van der Waals surface area (Å²) in [5.41, 5.74) is 3.58. The molecule has 0 spiro atoms. The molecule has 0 saturated carbocycles. The van der Waals surface area contributed by atoms with Gasteiger partial charge in [0.15, 0.2) is 0 Å². The van der Waals surface area contributed by atoms with Gasteiger partial charge in [-0.3, -0.25) is 10.1 Å². The second kappa shape index (κ2) is 8.29. The van der Waals surface area contributed by atoms with Crippen molar-refractivity contribution in [1.29, 1.82) is 5.26 Å². The Bertz CT molecular complexity index is 1180. The fourth-order valence-electron chi connectivity index (χ4n) is 4.46. The van der Waals surface area contributed by atoms with E-state index in [4.69, 9.17) is 0 Å². The van der Waals surface area contributed by atoms with E-state index in [0.717, 1.165) is 31.2 Å². The number of benzene rings is 2. The molecule has 4 rings (SSSR count). The van der Waals surface area contributed by atoms with Crippen LogP contribution in [0, 0.1) is 28.4 Å². The molecular formula is C22H24N4O4S. The number of aryl methyl sites for hydroxylation is 2. The van der Waals surface area contributed by atoms with Gasteiger partial charge >= 0.3 is 0 Å². The van der Waals surface area contributed by atoms with Crippen LogP contribution in [-0.2, 0) is 22.9 Å². The van der Waals surface area contributed by atoms with Crippen LogP contribution in [0.4, 0.5) is 11.4 Å². The molecule has 0 N–H and O–H groups in total. The van der Waals surface area contributed by atoms with Crippen molar-refractivity contribution in [3.8, 4) is 6.07 Å². The highest BCUT2D eigenvalue weighted by atomic mass is 32.2. The monoisotopic (exact) mass is 440 g/mol. The van der Waals surface area contributed by atoms with Gasteiger partial charge in [-0.15, -0.1) is 0 Å². The number of anilines is 1. The van der Waals surface area contributed by atoms with Crippen molar-refractivity contribution in [2.45, 2.75) is 37.5 Å². The lowest BCUT2D eigenvalue weighted by Gasteiger charge is -2.36. The predicted octanol–water partition coefficient (Wildman–Crippen LogP) is 3.16. The summed E-state index contributed by atoms with van der Waals surface area (Å²) in [6.07, 6.45) is 4.15. The SMILES string of the molecule is Cc1c(N2CCN(S(=O)(=O)c3ccc4c(c3)CCCC4)CC2)cc(C#N)cc1[N+](=O)[O-]. The number of nitro groups is 1. The minimum atomic E-state index is -3.60. The molecule has 1 aliphatic heterocycles. The van der Waals surface area contributed by atoms with E-state index in [-0.39, 0.29) is 24.3 Å². The molecule has 8 nitrogen and oxygen atoms in total. The van der Waals surface area contributed by atoms with Gasteiger partial charge in [0.25, 0.3) is 5.69 Å². The first-order valence-electron chi connectivity index (χ1n) is 10.4. The molecule has 2 aromatic carbocycles. The number of nitrogens with zero attached hydrogens (tertiary/aromatic N) is 4. The van der Waals surface area contributed by atoms with Crippen LogP contribution in [0.3, 0.4) is 0 Å². The number of fused-ring (bicyclic) bond motifs is 1. The van der Waals surface area contributed by atoms with Crippen molar-refractivity contribution in [3.63, 3.8) is 0 Å². The first kappa shape index (κ1) is 21.3. The van der Waals surface area contributed by atoms with E-state index in [2.05, 4.69) is 0 Å². The maximum absolute atomic E-state index is 13.2. The Morgan fingerprint density at radius 1 is 1.03 bits per heavy atom. The van der Waals surface area contributed by atoms with Crippen LogP contribution in [0.15, 0.2) is 35.2 Å². The smallest absolute Gasteiger partial charge is 0.275 e. The Balaban J connectivity index is 1.55. The lowest BCUT2D eigenvalue weighted by Crippen LogP contribution is -2.48. The summed E-state index contributed by atoms with van der Waals surface area (Å²) >= 11 is 0. The third-order valence-corrected chi connectivity index (χ3v) is 8.11. The van der Waals surface area contributed by atoms with Crippen LogP contribution in [-0.4, -0.2) is 43.8 Å². The number of hydrogen-bond donors (Lipinski definition) is 0. The zero-order chi connectivity index (χ0) is 22.2. The lowest BCUT2D eigenvalue weighted by atomic mass is 9.92. The van der Waals surface area contributed by atoms with Crippen LogP contribution < -0.4 is 4.90 Å². The third kappa shape index (κ3) is 4.01. The Morgan fingerprint density at radius 2 is 1.71 bits per heavy atom. The first-order chi connectivity index (χ1) is 14.8. The van der Waals surface area contributed by atoms with E-state index in [1.807, 2.05) is 23.1 Å².